The lowest BCUT2D eigenvalue weighted by Crippen LogP contribution is -2.50. The first-order valence-electron chi connectivity index (χ1n) is 8.00. The molecule has 0 unspecified atom stereocenters. The topological polar surface area (TPSA) is 50.8 Å². The Morgan fingerprint density at radius 2 is 1.70 bits per heavy atom. The summed E-state index contributed by atoms with van der Waals surface area (Å²) in [7, 11) is 0. The zero-order valence-electron chi connectivity index (χ0n) is 12.4. The summed E-state index contributed by atoms with van der Waals surface area (Å²) in [5.41, 5.74) is 0. The fraction of sp³-hybridized carbons (Fsp3) is 0.933. The molecule has 3 rings (SSSR count). The van der Waals surface area contributed by atoms with E-state index >= 15 is 0 Å². The van der Waals surface area contributed by atoms with Gasteiger partial charge in [0.1, 0.15) is 0 Å². The van der Waals surface area contributed by atoms with Crippen molar-refractivity contribution in [1.29, 1.82) is 0 Å². The van der Waals surface area contributed by atoms with Crippen molar-refractivity contribution in [3.8, 4) is 0 Å². The fourth-order valence-electron chi connectivity index (χ4n) is 3.47. The quantitative estimate of drug-likeness (QED) is 0.801. The minimum absolute atomic E-state index is 0.117. The van der Waals surface area contributed by atoms with Crippen LogP contribution in [0.3, 0.4) is 0 Å². The average molecular weight is 282 g/mol. The molecule has 114 valence electrons. The molecule has 2 saturated heterocycles. The number of nitrogens with zero attached hydrogens (tertiary/aromatic N) is 1. The molecule has 0 aromatic carbocycles. The third-order valence-corrected chi connectivity index (χ3v) is 4.96. The number of carbonyl (C=O) groups is 1. The number of ether oxygens (including phenoxy) is 2. The van der Waals surface area contributed by atoms with E-state index in [4.69, 9.17) is 9.47 Å². The number of urea groups is 1. The predicted octanol–water partition coefficient (Wildman–Crippen LogP) is 2.11. The summed E-state index contributed by atoms with van der Waals surface area (Å²) in [6.45, 7) is 5.48. The highest BCUT2D eigenvalue weighted by atomic mass is 16.7. The van der Waals surface area contributed by atoms with Gasteiger partial charge < -0.3 is 19.7 Å². The highest BCUT2D eigenvalue weighted by molar-refractivity contribution is 5.74. The van der Waals surface area contributed by atoms with Crippen LogP contribution < -0.4 is 5.32 Å². The molecule has 1 spiro atoms. The molecule has 20 heavy (non-hydrogen) atoms. The molecule has 3 aliphatic rings. The molecule has 3 fully saturated rings. The van der Waals surface area contributed by atoms with E-state index in [2.05, 4.69) is 12.2 Å². The van der Waals surface area contributed by atoms with Crippen molar-refractivity contribution >= 4 is 6.03 Å². The maximum Gasteiger partial charge on any atom is 0.317 e. The predicted molar refractivity (Wildman–Crippen MR) is 75.4 cm³/mol. The van der Waals surface area contributed by atoms with E-state index in [1.165, 1.54) is 0 Å². The molecular weight excluding hydrogens is 256 g/mol. The van der Waals surface area contributed by atoms with E-state index in [1.807, 2.05) is 4.90 Å². The largest absolute Gasteiger partial charge is 0.348 e. The summed E-state index contributed by atoms with van der Waals surface area (Å²) < 4.78 is 11.4. The number of amides is 2. The van der Waals surface area contributed by atoms with Crippen LogP contribution in [0.1, 0.15) is 45.4 Å². The monoisotopic (exact) mass is 282 g/mol. The zero-order valence-corrected chi connectivity index (χ0v) is 12.4. The van der Waals surface area contributed by atoms with Crippen molar-refractivity contribution in [3.63, 3.8) is 0 Å². The van der Waals surface area contributed by atoms with Crippen molar-refractivity contribution in [1.82, 2.24) is 10.2 Å². The van der Waals surface area contributed by atoms with Gasteiger partial charge in [0.15, 0.2) is 5.79 Å². The van der Waals surface area contributed by atoms with Crippen LogP contribution in [0.5, 0.6) is 0 Å². The van der Waals surface area contributed by atoms with E-state index in [1.54, 1.807) is 0 Å². The molecule has 5 nitrogen and oxygen atoms in total. The van der Waals surface area contributed by atoms with Gasteiger partial charge in [-0.3, -0.25) is 0 Å². The lowest BCUT2D eigenvalue weighted by Gasteiger charge is -2.37. The number of piperidine rings is 1. The Morgan fingerprint density at radius 3 is 2.30 bits per heavy atom. The summed E-state index contributed by atoms with van der Waals surface area (Å²) in [6, 6.07) is 0.395. The van der Waals surface area contributed by atoms with Crippen LogP contribution in [0.15, 0.2) is 0 Å². The lowest BCUT2D eigenvalue weighted by atomic mass is 9.90. The smallest absolute Gasteiger partial charge is 0.317 e. The number of carbonyl (C=O) groups excluding carboxylic acids is 1. The first-order chi connectivity index (χ1) is 9.67. The second-order valence-corrected chi connectivity index (χ2v) is 6.50. The molecule has 2 aliphatic heterocycles. The molecule has 0 atom stereocenters. The second kappa shape index (κ2) is 5.90. The number of rotatable bonds is 1. The summed E-state index contributed by atoms with van der Waals surface area (Å²) in [6.07, 6.45) is 5.96. The fourth-order valence-corrected chi connectivity index (χ4v) is 3.47. The number of nitrogens with one attached hydrogen (secondary N) is 1. The molecule has 2 amide bonds. The van der Waals surface area contributed by atoms with Gasteiger partial charge in [-0.15, -0.1) is 0 Å². The maximum absolute atomic E-state index is 12.2. The van der Waals surface area contributed by atoms with Gasteiger partial charge in [-0.1, -0.05) is 6.92 Å². The number of hydrogen-bond acceptors (Lipinski definition) is 3. The summed E-state index contributed by atoms with van der Waals surface area (Å²) >= 11 is 0. The molecule has 0 radical (unpaired) electrons. The van der Waals surface area contributed by atoms with E-state index in [9.17, 15) is 4.79 Å². The van der Waals surface area contributed by atoms with Crippen molar-refractivity contribution in [2.24, 2.45) is 5.92 Å². The Labute approximate surface area is 121 Å². The van der Waals surface area contributed by atoms with Crippen molar-refractivity contribution < 1.29 is 14.3 Å². The van der Waals surface area contributed by atoms with Gasteiger partial charge in [0, 0.05) is 32.0 Å². The SMILES string of the molecule is CC1CCN(C(=O)NC2CCC3(CC2)OCCO3)CC1. The summed E-state index contributed by atoms with van der Waals surface area (Å²) in [4.78, 5) is 14.2. The van der Waals surface area contributed by atoms with Crippen LogP contribution in [0.25, 0.3) is 0 Å². The molecule has 1 N–H and O–H groups in total. The van der Waals surface area contributed by atoms with Gasteiger partial charge in [0.2, 0.25) is 0 Å². The normalized spacial score (nSPS) is 27.9. The number of hydrogen-bond donors (Lipinski definition) is 1. The first kappa shape index (κ1) is 14.1. The molecule has 5 heteroatoms. The van der Waals surface area contributed by atoms with E-state index < -0.39 is 0 Å². The van der Waals surface area contributed by atoms with Gasteiger partial charge in [-0.05, 0) is 31.6 Å². The molecule has 1 saturated carbocycles. The van der Waals surface area contributed by atoms with Crippen LogP contribution in [-0.4, -0.2) is 49.1 Å². The third kappa shape index (κ3) is 3.09. The van der Waals surface area contributed by atoms with Crippen LogP contribution >= 0.6 is 0 Å². The van der Waals surface area contributed by atoms with Gasteiger partial charge in [0.25, 0.3) is 0 Å². The van der Waals surface area contributed by atoms with Crippen LogP contribution in [0.2, 0.25) is 0 Å². The Kier molecular flexibility index (Phi) is 4.17. The Morgan fingerprint density at radius 1 is 1.10 bits per heavy atom. The lowest BCUT2D eigenvalue weighted by molar-refractivity contribution is -0.179. The molecule has 0 bridgehead atoms. The molecular formula is C15H26N2O3. The standard InChI is InChI=1S/C15H26N2O3/c1-12-4-8-17(9-5-12)14(18)16-13-2-6-15(7-3-13)19-10-11-20-15/h12-13H,2-11H2,1H3,(H,16,18). The average Bonchev–Trinajstić information content (AvgIpc) is 2.91. The third-order valence-electron chi connectivity index (χ3n) is 4.96. The van der Waals surface area contributed by atoms with Crippen LogP contribution in [0, 0.1) is 5.92 Å². The van der Waals surface area contributed by atoms with E-state index in [0.29, 0.717) is 13.2 Å². The maximum atomic E-state index is 12.2. The Hall–Kier alpha value is -0.810. The van der Waals surface area contributed by atoms with Crippen molar-refractivity contribution in [2.75, 3.05) is 26.3 Å². The summed E-state index contributed by atoms with van der Waals surface area (Å²) in [5, 5.41) is 3.19. The van der Waals surface area contributed by atoms with Gasteiger partial charge in [0.05, 0.1) is 13.2 Å². The molecule has 2 heterocycles. The Balaban J connectivity index is 1.43. The van der Waals surface area contributed by atoms with Crippen molar-refractivity contribution in [2.45, 2.75) is 57.3 Å². The van der Waals surface area contributed by atoms with Crippen molar-refractivity contribution in [3.05, 3.63) is 0 Å². The van der Waals surface area contributed by atoms with Crippen LogP contribution in [0.4, 0.5) is 4.79 Å². The van der Waals surface area contributed by atoms with Crippen LogP contribution in [-0.2, 0) is 9.47 Å². The number of likely N-dealkylation sites (tertiary alicyclic amines) is 1. The second-order valence-electron chi connectivity index (χ2n) is 6.50. The van der Waals surface area contributed by atoms with Gasteiger partial charge in [-0.25, -0.2) is 4.79 Å². The molecule has 0 aromatic rings. The zero-order chi connectivity index (χ0) is 14.0. The molecule has 0 aromatic heterocycles. The van der Waals surface area contributed by atoms with Gasteiger partial charge >= 0.3 is 6.03 Å². The highest BCUT2D eigenvalue weighted by Crippen LogP contribution is 2.35. The molecule has 1 aliphatic carbocycles. The van der Waals surface area contributed by atoms with E-state index in [-0.39, 0.29) is 17.9 Å². The summed E-state index contributed by atoms with van der Waals surface area (Å²) in [5.74, 6) is 0.423. The first-order valence-corrected chi connectivity index (χ1v) is 8.00. The Bertz CT molecular complexity index is 337. The van der Waals surface area contributed by atoms with Gasteiger partial charge in [-0.2, -0.15) is 0 Å². The highest BCUT2D eigenvalue weighted by Gasteiger charge is 2.40. The van der Waals surface area contributed by atoms with E-state index in [0.717, 1.165) is 57.5 Å². The minimum atomic E-state index is -0.332. The minimum Gasteiger partial charge on any atom is -0.348 e.